The summed E-state index contributed by atoms with van der Waals surface area (Å²) in [6.45, 7) is 5.21. The monoisotopic (exact) mass is 238 g/mol. The molecule has 0 spiro atoms. The summed E-state index contributed by atoms with van der Waals surface area (Å²) in [6, 6.07) is 2.82. The summed E-state index contributed by atoms with van der Waals surface area (Å²) in [6.07, 6.45) is 2.62. The number of hydrogen-bond donors (Lipinski definition) is 1. The highest BCUT2D eigenvalue weighted by Crippen LogP contribution is 2.29. The number of nitrogens with zero attached hydrogens (tertiary/aromatic N) is 1. The van der Waals surface area contributed by atoms with Gasteiger partial charge in [-0.15, -0.1) is 0 Å². The van der Waals surface area contributed by atoms with Gasteiger partial charge >= 0.3 is 0 Å². The minimum atomic E-state index is 0.475. The standard InChI is InChI=1S/C13H22N2O2/c1-10-11(7-13(8-14)17-10)9-15(5-6-16-2)12-3-4-12/h7,12H,3-6,8-9,14H2,1-2H3. The van der Waals surface area contributed by atoms with Crippen LogP contribution in [0, 0.1) is 6.92 Å². The molecular formula is C13H22N2O2. The van der Waals surface area contributed by atoms with Crippen LogP contribution < -0.4 is 5.73 Å². The molecule has 0 radical (unpaired) electrons. The molecule has 1 heterocycles. The lowest BCUT2D eigenvalue weighted by atomic mass is 10.2. The van der Waals surface area contributed by atoms with Crippen LogP contribution in [0.25, 0.3) is 0 Å². The second kappa shape index (κ2) is 5.67. The first-order valence-corrected chi connectivity index (χ1v) is 6.26. The Hall–Kier alpha value is -0.840. The largest absolute Gasteiger partial charge is 0.465 e. The van der Waals surface area contributed by atoms with Crippen molar-refractivity contribution in [2.24, 2.45) is 5.73 Å². The average molecular weight is 238 g/mol. The number of methoxy groups -OCH3 is 1. The Morgan fingerprint density at radius 1 is 1.53 bits per heavy atom. The second-order valence-electron chi connectivity index (χ2n) is 4.69. The van der Waals surface area contributed by atoms with Gasteiger partial charge in [0, 0.05) is 31.8 Å². The van der Waals surface area contributed by atoms with E-state index in [2.05, 4.69) is 11.0 Å². The topological polar surface area (TPSA) is 51.6 Å². The summed E-state index contributed by atoms with van der Waals surface area (Å²) < 4.78 is 10.7. The van der Waals surface area contributed by atoms with E-state index in [1.54, 1.807) is 7.11 Å². The van der Waals surface area contributed by atoms with Crippen LogP contribution in [0.1, 0.15) is 29.9 Å². The lowest BCUT2D eigenvalue weighted by molar-refractivity contribution is 0.139. The molecule has 1 aliphatic carbocycles. The number of furan rings is 1. The first-order chi connectivity index (χ1) is 8.24. The maximum absolute atomic E-state index is 5.59. The molecule has 2 N–H and O–H groups in total. The van der Waals surface area contributed by atoms with Gasteiger partial charge in [0.25, 0.3) is 0 Å². The summed E-state index contributed by atoms with van der Waals surface area (Å²) in [5.41, 5.74) is 6.85. The van der Waals surface area contributed by atoms with Crippen LogP contribution in [-0.4, -0.2) is 31.2 Å². The maximum Gasteiger partial charge on any atom is 0.118 e. The van der Waals surface area contributed by atoms with Crippen molar-refractivity contribution in [1.29, 1.82) is 0 Å². The predicted molar refractivity (Wildman–Crippen MR) is 66.6 cm³/mol. The number of aryl methyl sites for hydroxylation is 1. The molecule has 0 aliphatic heterocycles. The number of nitrogens with two attached hydrogens (primary N) is 1. The first kappa shape index (κ1) is 12.6. The lowest BCUT2D eigenvalue weighted by Crippen LogP contribution is -2.29. The molecule has 1 aromatic heterocycles. The van der Waals surface area contributed by atoms with E-state index < -0.39 is 0 Å². The van der Waals surface area contributed by atoms with Crippen molar-refractivity contribution in [1.82, 2.24) is 4.90 Å². The van der Waals surface area contributed by atoms with E-state index in [1.807, 2.05) is 6.92 Å². The van der Waals surface area contributed by atoms with Gasteiger partial charge < -0.3 is 14.9 Å². The molecule has 1 aliphatic rings. The van der Waals surface area contributed by atoms with E-state index in [0.717, 1.165) is 37.3 Å². The van der Waals surface area contributed by atoms with E-state index >= 15 is 0 Å². The van der Waals surface area contributed by atoms with Crippen molar-refractivity contribution < 1.29 is 9.15 Å². The van der Waals surface area contributed by atoms with Crippen LogP contribution in [0.4, 0.5) is 0 Å². The van der Waals surface area contributed by atoms with Crippen molar-refractivity contribution in [2.75, 3.05) is 20.3 Å². The lowest BCUT2D eigenvalue weighted by Gasteiger charge is -2.20. The van der Waals surface area contributed by atoms with Gasteiger partial charge in [-0.05, 0) is 25.8 Å². The zero-order valence-corrected chi connectivity index (χ0v) is 10.7. The summed E-state index contributed by atoms with van der Waals surface area (Å²) in [7, 11) is 1.75. The van der Waals surface area contributed by atoms with Crippen molar-refractivity contribution in [3.05, 3.63) is 23.2 Å². The van der Waals surface area contributed by atoms with Gasteiger partial charge in [-0.3, -0.25) is 4.90 Å². The van der Waals surface area contributed by atoms with Gasteiger partial charge in [0.15, 0.2) is 0 Å². The van der Waals surface area contributed by atoms with Crippen LogP contribution in [0.15, 0.2) is 10.5 Å². The Bertz CT molecular complexity index is 358. The van der Waals surface area contributed by atoms with Gasteiger partial charge in [-0.25, -0.2) is 0 Å². The molecule has 0 saturated heterocycles. The highest BCUT2D eigenvalue weighted by molar-refractivity contribution is 5.21. The molecule has 4 nitrogen and oxygen atoms in total. The van der Waals surface area contributed by atoms with Crippen LogP contribution in [0.3, 0.4) is 0 Å². The zero-order chi connectivity index (χ0) is 12.3. The average Bonchev–Trinajstić information content (AvgIpc) is 3.10. The Labute approximate surface area is 103 Å². The SMILES string of the molecule is COCCN(Cc1cc(CN)oc1C)C1CC1. The minimum Gasteiger partial charge on any atom is -0.465 e. The normalized spacial score (nSPS) is 15.8. The van der Waals surface area contributed by atoms with Crippen molar-refractivity contribution in [3.8, 4) is 0 Å². The third-order valence-corrected chi connectivity index (χ3v) is 3.29. The van der Waals surface area contributed by atoms with Crippen LogP contribution in [0.5, 0.6) is 0 Å². The smallest absolute Gasteiger partial charge is 0.118 e. The molecule has 96 valence electrons. The molecule has 1 aromatic rings. The Morgan fingerprint density at radius 3 is 2.82 bits per heavy atom. The third kappa shape index (κ3) is 3.31. The van der Waals surface area contributed by atoms with Crippen LogP contribution in [-0.2, 0) is 17.8 Å². The molecule has 0 unspecified atom stereocenters. The fourth-order valence-corrected chi connectivity index (χ4v) is 2.10. The van der Waals surface area contributed by atoms with E-state index in [-0.39, 0.29) is 0 Å². The Balaban J connectivity index is 1.98. The highest BCUT2D eigenvalue weighted by Gasteiger charge is 2.29. The molecule has 0 atom stereocenters. The Kier molecular flexibility index (Phi) is 4.20. The molecule has 0 bridgehead atoms. The first-order valence-electron chi connectivity index (χ1n) is 6.26. The van der Waals surface area contributed by atoms with Gasteiger partial charge in [0.05, 0.1) is 13.2 Å². The number of hydrogen-bond acceptors (Lipinski definition) is 4. The van der Waals surface area contributed by atoms with Crippen LogP contribution >= 0.6 is 0 Å². The van der Waals surface area contributed by atoms with Gasteiger partial charge in [-0.1, -0.05) is 0 Å². The summed E-state index contributed by atoms with van der Waals surface area (Å²) in [5, 5.41) is 0. The van der Waals surface area contributed by atoms with Crippen molar-refractivity contribution >= 4 is 0 Å². The fraction of sp³-hybridized carbons (Fsp3) is 0.692. The number of rotatable bonds is 7. The van der Waals surface area contributed by atoms with E-state index in [1.165, 1.54) is 18.4 Å². The number of ether oxygens (including phenoxy) is 1. The molecule has 4 heteroatoms. The van der Waals surface area contributed by atoms with E-state index in [0.29, 0.717) is 6.54 Å². The third-order valence-electron chi connectivity index (χ3n) is 3.29. The van der Waals surface area contributed by atoms with Crippen molar-refractivity contribution in [2.45, 2.75) is 38.9 Å². The maximum atomic E-state index is 5.59. The quantitative estimate of drug-likeness (QED) is 0.785. The molecular weight excluding hydrogens is 216 g/mol. The van der Waals surface area contributed by atoms with Crippen LogP contribution in [0.2, 0.25) is 0 Å². The molecule has 0 aromatic carbocycles. The summed E-state index contributed by atoms with van der Waals surface area (Å²) >= 11 is 0. The Morgan fingerprint density at radius 2 is 2.29 bits per heavy atom. The van der Waals surface area contributed by atoms with E-state index in [4.69, 9.17) is 14.9 Å². The predicted octanol–water partition coefficient (Wildman–Crippen LogP) is 1.66. The molecule has 1 saturated carbocycles. The highest BCUT2D eigenvalue weighted by atomic mass is 16.5. The molecule has 1 fully saturated rings. The summed E-state index contributed by atoms with van der Waals surface area (Å²) in [4.78, 5) is 2.47. The van der Waals surface area contributed by atoms with Gasteiger partial charge in [0.2, 0.25) is 0 Å². The van der Waals surface area contributed by atoms with Crippen molar-refractivity contribution in [3.63, 3.8) is 0 Å². The molecule has 0 amide bonds. The second-order valence-corrected chi connectivity index (χ2v) is 4.69. The fourth-order valence-electron chi connectivity index (χ4n) is 2.10. The van der Waals surface area contributed by atoms with Gasteiger partial charge in [-0.2, -0.15) is 0 Å². The summed E-state index contributed by atoms with van der Waals surface area (Å²) in [5.74, 6) is 1.87. The zero-order valence-electron chi connectivity index (χ0n) is 10.7. The minimum absolute atomic E-state index is 0.475. The molecule has 17 heavy (non-hydrogen) atoms. The van der Waals surface area contributed by atoms with E-state index in [9.17, 15) is 0 Å². The van der Waals surface area contributed by atoms with Gasteiger partial charge in [0.1, 0.15) is 11.5 Å². The molecule has 2 rings (SSSR count).